The quantitative estimate of drug-likeness (QED) is 0.685. The van der Waals surface area contributed by atoms with Crippen LogP contribution in [0.5, 0.6) is 0 Å². The third-order valence-electron chi connectivity index (χ3n) is 2.01. The van der Waals surface area contributed by atoms with Gasteiger partial charge in [0.05, 0.1) is 5.25 Å². The molecule has 0 aliphatic rings. The van der Waals surface area contributed by atoms with Gasteiger partial charge in [0.15, 0.2) is 5.78 Å². The number of hydrogen-bond acceptors (Lipinski definition) is 2. The standard InChI is InChI=1S/C11H14OS/c1-3-10(13-2)11(12)9-7-5-4-6-8-9/h4-8,10H,3H2,1-2H3/t10-/m0/s1. The van der Waals surface area contributed by atoms with Crippen molar-refractivity contribution in [3.8, 4) is 0 Å². The summed E-state index contributed by atoms with van der Waals surface area (Å²) in [6.07, 6.45) is 2.88. The van der Waals surface area contributed by atoms with Crippen LogP contribution in [0.3, 0.4) is 0 Å². The molecular formula is C11H14OS. The molecule has 0 saturated carbocycles. The van der Waals surface area contributed by atoms with E-state index in [0.29, 0.717) is 0 Å². The predicted molar refractivity (Wildman–Crippen MR) is 58.4 cm³/mol. The normalized spacial score (nSPS) is 12.5. The van der Waals surface area contributed by atoms with Crippen molar-refractivity contribution in [1.29, 1.82) is 0 Å². The highest BCUT2D eigenvalue weighted by atomic mass is 32.2. The summed E-state index contributed by atoms with van der Waals surface area (Å²) in [5.41, 5.74) is 0.823. The highest BCUT2D eigenvalue weighted by Crippen LogP contribution is 2.16. The zero-order chi connectivity index (χ0) is 9.68. The maximum atomic E-state index is 11.8. The fraction of sp³-hybridized carbons (Fsp3) is 0.364. The number of rotatable bonds is 4. The van der Waals surface area contributed by atoms with Crippen LogP contribution in [0.2, 0.25) is 0 Å². The lowest BCUT2D eigenvalue weighted by molar-refractivity contribution is 0.0988. The van der Waals surface area contributed by atoms with E-state index < -0.39 is 0 Å². The number of benzene rings is 1. The van der Waals surface area contributed by atoms with Gasteiger partial charge in [-0.1, -0.05) is 37.3 Å². The number of Topliss-reactive ketones (excluding diaryl/α,β-unsaturated/α-hetero) is 1. The summed E-state index contributed by atoms with van der Waals surface area (Å²) in [4.78, 5) is 11.8. The minimum Gasteiger partial charge on any atom is -0.293 e. The van der Waals surface area contributed by atoms with Gasteiger partial charge in [0.1, 0.15) is 0 Å². The molecule has 0 N–H and O–H groups in total. The molecule has 0 aromatic heterocycles. The number of thioether (sulfide) groups is 1. The van der Waals surface area contributed by atoms with Crippen molar-refractivity contribution in [3.63, 3.8) is 0 Å². The Morgan fingerprint density at radius 3 is 2.46 bits per heavy atom. The molecule has 0 bridgehead atoms. The Balaban J connectivity index is 2.78. The maximum absolute atomic E-state index is 11.8. The van der Waals surface area contributed by atoms with E-state index >= 15 is 0 Å². The number of hydrogen-bond donors (Lipinski definition) is 0. The monoisotopic (exact) mass is 194 g/mol. The molecule has 2 heteroatoms. The Labute approximate surface area is 83.5 Å². The first kappa shape index (κ1) is 10.3. The van der Waals surface area contributed by atoms with Crippen LogP contribution < -0.4 is 0 Å². The van der Waals surface area contributed by atoms with Gasteiger partial charge in [-0.3, -0.25) is 4.79 Å². The lowest BCUT2D eigenvalue weighted by Gasteiger charge is -2.09. The first-order chi connectivity index (χ1) is 6.29. The van der Waals surface area contributed by atoms with Crippen molar-refractivity contribution in [2.24, 2.45) is 0 Å². The number of ketones is 1. The highest BCUT2D eigenvalue weighted by molar-refractivity contribution is 7.99. The van der Waals surface area contributed by atoms with Gasteiger partial charge in [-0.25, -0.2) is 0 Å². The van der Waals surface area contributed by atoms with E-state index in [1.807, 2.05) is 43.5 Å². The second kappa shape index (κ2) is 5.07. The van der Waals surface area contributed by atoms with Crippen LogP contribution in [0.25, 0.3) is 0 Å². The summed E-state index contributed by atoms with van der Waals surface area (Å²) >= 11 is 1.62. The van der Waals surface area contributed by atoms with Crippen molar-refractivity contribution >= 4 is 17.5 Å². The molecule has 0 spiro atoms. The van der Waals surface area contributed by atoms with Crippen molar-refractivity contribution in [3.05, 3.63) is 35.9 Å². The van der Waals surface area contributed by atoms with Gasteiger partial charge >= 0.3 is 0 Å². The summed E-state index contributed by atoms with van der Waals surface area (Å²) in [6, 6.07) is 9.49. The average Bonchev–Trinajstić information content (AvgIpc) is 2.21. The Hall–Kier alpha value is -0.760. The molecular weight excluding hydrogens is 180 g/mol. The Kier molecular flexibility index (Phi) is 4.03. The maximum Gasteiger partial charge on any atom is 0.175 e. The molecule has 70 valence electrons. The molecule has 0 aliphatic heterocycles. The van der Waals surface area contributed by atoms with Crippen molar-refractivity contribution < 1.29 is 4.79 Å². The Morgan fingerprint density at radius 1 is 1.38 bits per heavy atom. The summed E-state index contributed by atoms with van der Waals surface area (Å²) in [5.74, 6) is 0.246. The third kappa shape index (κ3) is 2.59. The molecule has 0 saturated heterocycles. The second-order valence-electron chi connectivity index (χ2n) is 2.86. The van der Waals surface area contributed by atoms with E-state index in [4.69, 9.17) is 0 Å². The van der Waals surface area contributed by atoms with Crippen LogP contribution >= 0.6 is 11.8 Å². The van der Waals surface area contributed by atoms with Crippen LogP contribution in [0.1, 0.15) is 23.7 Å². The molecule has 0 fully saturated rings. The van der Waals surface area contributed by atoms with E-state index in [0.717, 1.165) is 12.0 Å². The molecule has 0 heterocycles. The van der Waals surface area contributed by atoms with Crippen LogP contribution in [0, 0.1) is 0 Å². The van der Waals surface area contributed by atoms with Gasteiger partial charge in [0.2, 0.25) is 0 Å². The molecule has 1 aromatic rings. The van der Waals surface area contributed by atoms with E-state index in [1.165, 1.54) is 0 Å². The van der Waals surface area contributed by atoms with Crippen molar-refractivity contribution in [2.45, 2.75) is 18.6 Å². The second-order valence-corrected chi connectivity index (χ2v) is 3.90. The smallest absolute Gasteiger partial charge is 0.175 e. The van der Waals surface area contributed by atoms with Crippen LogP contribution in [-0.4, -0.2) is 17.3 Å². The summed E-state index contributed by atoms with van der Waals surface area (Å²) in [5, 5.41) is 0.113. The van der Waals surface area contributed by atoms with Crippen LogP contribution in [-0.2, 0) is 0 Å². The van der Waals surface area contributed by atoms with Crippen molar-refractivity contribution in [1.82, 2.24) is 0 Å². The van der Waals surface area contributed by atoms with Crippen molar-refractivity contribution in [2.75, 3.05) is 6.26 Å². The van der Waals surface area contributed by atoms with E-state index in [-0.39, 0.29) is 11.0 Å². The summed E-state index contributed by atoms with van der Waals surface area (Å²) in [6.45, 7) is 2.04. The van der Waals surface area contributed by atoms with Crippen LogP contribution in [0.4, 0.5) is 0 Å². The topological polar surface area (TPSA) is 17.1 Å². The van der Waals surface area contributed by atoms with Gasteiger partial charge in [-0.2, -0.15) is 11.8 Å². The zero-order valence-electron chi connectivity index (χ0n) is 7.99. The lowest BCUT2D eigenvalue weighted by Crippen LogP contribution is -2.15. The van der Waals surface area contributed by atoms with Gasteiger partial charge in [0, 0.05) is 5.56 Å². The van der Waals surface area contributed by atoms with E-state index in [9.17, 15) is 4.79 Å². The van der Waals surface area contributed by atoms with E-state index in [1.54, 1.807) is 11.8 Å². The largest absolute Gasteiger partial charge is 0.293 e. The third-order valence-corrected chi connectivity index (χ3v) is 3.12. The first-order valence-corrected chi connectivity index (χ1v) is 5.70. The molecule has 13 heavy (non-hydrogen) atoms. The molecule has 0 amide bonds. The molecule has 1 rings (SSSR count). The average molecular weight is 194 g/mol. The minimum atomic E-state index is 0.113. The Morgan fingerprint density at radius 2 is 2.00 bits per heavy atom. The molecule has 0 radical (unpaired) electrons. The van der Waals surface area contributed by atoms with Gasteiger partial charge < -0.3 is 0 Å². The first-order valence-electron chi connectivity index (χ1n) is 4.41. The van der Waals surface area contributed by atoms with Gasteiger partial charge in [0.25, 0.3) is 0 Å². The number of carbonyl (C=O) groups is 1. The molecule has 0 aliphatic carbocycles. The van der Waals surface area contributed by atoms with Crippen LogP contribution in [0.15, 0.2) is 30.3 Å². The summed E-state index contributed by atoms with van der Waals surface area (Å²) < 4.78 is 0. The molecule has 1 aromatic carbocycles. The molecule has 1 atom stereocenters. The SMILES string of the molecule is CC[C@H](SC)C(=O)c1ccccc1. The predicted octanol–water partition coefficient (Wildman–Crippen LogP) is 3.01. The van der Waals surface area contributed by atoms with Gasteiger partial charge in [-0.05, 0) is 12.7 Å². The lowest BCUT2D eigenvalue weighted by atomic mass is 10.1. The summed E-state index contributed by atoms with van der Waals surface area (Å²) in [7, 11) is 0. The zero-order valence-corrected chi connectivity index (χ0v) is 8.80. The fourth-order valence-electron chi connectivity index (χ4n) is 1.25. The molecule has 1 nitrogen and oxygen atoms in total. The highest BCUT2D eigenvalue weighted by Gasteiger charge is 2.15. The molecule has 0 unspecified atom stereocenters. The fourth-order valence-corrected chi connectivity index (χ4v) is 1.93. The van der Waals surface area contributed by atoms with Gasteiger partial charge in [-0.15, -0.1) is 0 Å². The number of carbonyl (C=O) groups excluding carboxylic acids is 1. The van der Waals surface area contributed by atoms with E-state index in [2.05, 4.69) is 0 Å². The Bertz CT molecular complexity index is 265. The minimum absolute atomic E-state index is 0.113.